The highest BCUT2D eigenvalue weighted by Gasteiger charge is 2.36. The van der Waals surface area contributed by atoms with Gasteiger partial charge in [-0.15, -0.1) is 0 Å². The van der Waals surface area contributed by atoms with E-state index in [9.17, 15) is 4.79 Å². The topological polar surface area (TPSA) is 65.5 Å². The second-order valence-corrected chi connectivity index (χ2v) is 9.55. The van der Waals surface area contributed by atoms with Gasteiger partial charge in [-0.2, -0.15) is 0 Å². The summed E-state index contributed by atoms with van der Waals surface area (Å²) in [7, 11) is 3.91. The number of hydrogen-bond acceptors (Lipinski definition) is 6. The van der Waals surface area contributed by atoms with Gasteiger partial charge in [0.05, 0.1) is 11.7 Å². The number of nitrogens with zero attached hydrogens (tertiary/aromatic N) is 6. The summed E-state index contributed by atoms with van der Waals surface area (Å²) in [4.78, 5) is 34.0. The van der Waals surface area contributed by atoms with Gasteiger partial charge in [0.15, 0.2) is 0 Å². The molecule has 172 valence electrons. The number of rotatable bonds is 5. The molecule has 2 aliphatic rings. The Labute approximate surface area is 191 Å². The van der Waals surface area contributed by atoms with Crippen LogP contribution in [0, 0.1) is 5.92 Å². The molecule has 2 saturated heterocycles. The van der Waals surface area contributed by atoms with Gasteiger partial charge in [0.2, 0.25) is 11.9 Å². The summed E-state index contributed by atoms with van der Waals surface area (Å²) in [5.74, 6) is 1.11. The summed E-state index contributed by atoms with van der Waals surface area (Å²) in [5, 5.41) is 0. The molecule has 32 heavy (non-hydrogen) atoms. The molecule has 0 radical (unpaired) electrons. The Morgan fingerprint density at radius 3 is 2.44 bits per heavy atom. The Morgan fingerprint density at radius 2 is 1.78 bits per heavy atom. The van der Waals surface area contributed by atoms with E-state index in [0.29, 0.717) is 17.9 Å². The van der Waals surface area contributed by atoms with Crippen LogP contribution in [0.3, 0.4) is 0 Å². The predicted octanol–water partition coefficient (Wildman–Crippen LogP) is 3.78. The lowest BCUT2D eigenvalue weighted by Crippen LogP contribution is -2.47. The van der Waals surface area contributed by atoms with Gasteiger partial charge in [-0.05, 0) is 76.7 Å². The normalized spacial score (nSPS) is 20.5. The minimum atomic E-state index is -0.00996. The molecular formula is C25H36N6O. The first-order chi connectivity index (χ1) is 15.5. The Bertz CT molecular complexity index is 908. The van der Waals surface area contributed by atoms with Crippen LogP contribution in [-0.2, 0) is 4.79 Å². The highest BCUT2D eigenvalue weighted by atomic mass is 16.2. The first-order valence-corrected chi connectivity index (χ1v) is 11.9. The summed E-state index contributed by atoms with van der Waals surface area (Å²) in [5.41, 5.74) is 3.00. The maximum atomic E-state index is 13.7. The number of hydrogen-bond donors (Lipinski definition) is 0. The lowest BCUT2D eigenvalue weighted by Gasteiger charge is -2.41. The lowest BCUT2D eigenvalue weighted by atomic mass is 9.89. The molecule has 1 amide bonds. The van der Waals surface area contributed by atoms with E-state index in [1.165, 1.54) is 0 Å². The van der Waals surface area contributed by atoms with Gasteiger partial charge in [0.1, 0.15) is 0 Å². The van der Waals surface area contributed by atoms with Crippen molar-refractivity contribution in [1.82, 2.24) is 24.8 Å². The summed E-state index contributed by atoms with van der Waals surface area (Å²) in [6.45, 7) is 7.30. The molecule has 0 aromatic carbocycles. The van der Waals surface area contributed by atoms with Crippen LogP contribution in [0.25, 0.3) is 11.1 Å². The number of anilines is 1. The number of carbonyl (C=O) groups is 1. The highest BCUT2D eigenvalue weighted by Crippen LogP contribution is 2.38. The van der Waals surface area contributed by atoms with Crippen molar-refractivity contribution in [3.05, 3.63) is 36.4 Å². The molecule has 2 fully saturated rings. The molecule has 1 atom stereocenters. The van der Waals surface area contributed by atoms with Gasteiger partial charge < -0.3 is 14.7 Å². The van der Waals surface area contributed by atoms with E-state index in [2.05, 4.69) is 33.6 Å². The molecule has 7 heteroatoms. The third kappa shape index (κ3) is 4.77. The van der Waals surface area contributed by atoms with Gasteiger partial charge in [0, 0.05) is 56.8 Å². The van der Waals surface area contributed by atoms with Crippen LogP contribution >= 0.6 is 0 Å². The van der Waals surface area contributed by atoms with E-state index in [4.69, 9.17) is 4.98 Å². The Balaban J connectivity index is 1.65. The Kier molecular flexibility index (Phi) is 7.04. The molecule has 0 spiro atoms. The highest BCUT2D eigenvalue weighted by molar-refractivity contribution is 5.80. The van der Waals surface area contributed by atoms with Crippen molar-refractivity contribution in [3.8, 4) is 11.1 Å². The zero-order valence-electron chi connectivity index (χ0n) is 19.9. The summed E-state index contributed by atoms with van der Waals surface area (Å²) in [6.07, 6.45) is 10.5. The number of carbonyl (C=O) groups excluding carboxylic acids is 1. The van der Waals surface area contributed by atoms with Crippen LogP contribution in [0.1, 0.15) is 57.7 Å². The fourth-order valence-electron chi connectivity index (χ4n) is 4.99. The van der Waals surface area contributed by atoms with E-state index >= 15 is 0 Å². The van der Waals surface area contributed by atoms with Crippen LogP contribution in [0.15, 0.2) is 30.7 Å². The average molecular weight is 437 g/mol. The van der Waals surface area contributed by atoms with E-state index in [1.54, 1.807) is 12.4 Å². The van der Waals surface area contributed by atoms with Crippen LogP contribution in [0.5, 0.6) is 0 Å². The van der Waals surface area contributed by atoms with Gasteiger partial charge in [0.25, 0.3) is 0 Å². The molecule has 2 aromatic rings. The average Bonchev–Trinajstić information content (AvgIpc) is 2.83. The molecule has 2 aromatic heterocycles. The quantitative estimate of drug-likeness (QED) is 0.711. The van der Waals surface area contributed by atoms with E-state index in [-0.39, 0.29) is 12.0 Å². The second kappa shape index (κ2) is 9.94. The van der Waals surface area contributed by atoms with Crippen molar-refractivity contribution in [1.29, 1.82) is 0 Å². The summed E-state index contributed by atoms with van der Waals surface area (Å²) in [6, 6.07) is 4.52. The van der Waals surface area contributed by atoms with E-state index in [1.807, 2.05) is 37.3 Å². The molecule has 2 aliphatic heterocycles. The summed E-state index contributed by atoms with van der Waals surface area (Å²) < 4.78 is 0. The lowest BCUT2D eigenvalue weighted by molar-refractivity contribution is -0.141. The largest absolute Gasteiger partial charge is 0.347 e. The first-order valence-electron chi connectivity index (χ1n) is 11.9. The molecule has 0 N–H and O–H groups in total. The van der Waals surface area contributed by atoms with Gasteiger partial charge >= 0.3 is 0 Å². The minimum Gasteiger partial charge on any atom is -0.347 e. The predicted molar refractivity (Wildman–Crippen MR) is 127 cm³/mol. The van der Waals surface area contributed by atoms with Crippen molar-refractivity contribution in [2.24, 2.45) is 5.92 Å². The first kappa shape index (κ1) is 22.6. The minimum absolute atomic E-state index is 0.00996. The Hall–Kier alpha value is -2.54. The molecule has 0 saturated carbocycles. The third-order valence-electron chi connectivity index (χ3n) is 6.91. The smallest absolute Gasteiger partial charge is 0.226 e. The molecule has 7 nitrogen and oxygen atoms in total. The van der Waals surface area contributed by atoms with Crippen LogP contribution in [0.2, 0.25) is 0 Å². The number of piperidine rings is 2. The molecule has 0 aliphatic carbocycles. The second-order valence-electron chi connectivity index (χ2n) is 9.55. The van der Waals surface area contributed by atoms with Crippen molar-refractivity contribution in [2.45, 2.75) is 58.0 Å². The molecular weight excluding hydrogens is 400 g/mol. The van der Waals surface area contributed by atoms with Crippen molar-refractivity contribution in [3.63, 3.8) is 0 Å². The van der Waals surface area contributed by atoms with Crippen molar-refractivity contribution in [2.75, 3.05) is 38.6 Å². The molecule has 0 bridgehead atoms. The van der Waals surface area contributed by atoms with Crippen LogP contribution < -0.4 is 4.90 Å². The fraction of sp³-hybridized carbons (Fsp3) is 0.600. The van der Waals surface area contributed by atoms with Crippen molar-refractivity contribution < 1.29 is 4.79 Å². The molecule has 4 heterocycles. The summed E-state index contributed by atoms with van der Waals surface area (Å²) >= 11 is 0. The number of pyridine rings is 1. The van der Waals surface area contributed by atoms with E-state index < -0.39 is 0 Å². The zero-order chi connectivity index (χ0) is 22.7. The van der Waals surface area contributed by atoms with Crippen LogP contribution in [-0.4, -0.2) is 70.4 Å². The monoisotopic (exact) mass is 436 g/mol. The Morgan fingerprint density at radius 1 is 1.06 bits per heavy atom. The maximum absolute atomic E-state index is 13.7. The maximum Gasteiger partial charge on any atom is 0.226 e. The number of aromatic nitrogens is 3. The SMILES string of the molecule is CC(C)N1CCC(C(=O)N2CCCCC2c2nc(N(C)C)ncc2-c2ccncc2)CC1. The standard InChI is InChI=1S/C25H36N6O/c1-18(2)30-15-10-20(11-16-30)24(32)31-14-6-5-7-22(31)23-21(19-8-12-26-13-9-19)17-27-25(28-23)29(3)4/h8-9,12-13,17-18,20,22H,5-7,10-11,14-16H2,1-4H3. The van der Waals surface area contributed by atoms with Crippen LogP contribution in [0.4, 0.5) is 5.95 Å². The van der Waals surface area contributed by atoms with Crippen molar-refractivity contribution >= 4 is 11.9 Å². The number of amides is 1. The van der Waals surface area contributed by atoms with Gasteiger partial charge in [-0.25, -0.2) is 9.97 Å². The molecule has 1 unspecified atom stereocenters. The molecule has 4 rings (SSSR count). The van der Waals surface area contributed by atoms with Gasteiger partial charge in [-0.3, -0.25) is 9.78 Å². The third-order valence-corrected chi connectivity index (χ3v) is 6.91. The number of likely N-dealkylation sites (tertiary alicyclic amines) is 2. The zero-order valence-corrected chi connectivity index (χ0v) is 19.9. The van der Waals surface area contributed by atoms with E-state index in [0.717, 1.165) is 68.6 Å². The fourth-order valence-corrected chi connectivity index (χ4v) is 4.99. The van der Waals surface area contributed by atoms with Gasteiger partial charge in [-0.1, -0.05) is 0 Å².